The van der Waals surface area contributed by atoms with Crippen LogP contribution in [-0.2, 0) is 26.2 Å². The van der Waals surface area contributed by atoms with Gasteiger partial charge in [0.25, 0.3) is 10.0 Å². The summed E-state index contributed by atoms with van der Waals surface area (Å²) < 4.78 is 47.9. The summed E-state index contributed by atoms with van der Waals surface area (Å²) in [6.07, 6.45) is 1.67. The minimum Gasteiger partial charge on any atom is -0.494 e. The van der Waals surface area contributed by atoms with Gasteiger partial charge in [0.15, 0.2) is 0 Å². The number of benzene rings is 3. The zero-order valence-electron chi connectivity index (χ0n) is 24.0. The predicted molar refractivity (Wildman–Crippen MR) is 158 cm³/mol. The summed E-state index contributed by atoms with van der Waals surface area (Å²) in [7, 11) is -4.17. The third-order valence-electron chi connectivity index (χ3n) is 6.59. The molecule has 0 aliphatic carbocycles. The van der Waals surface area contributed by atoms with Crippen molar-refractivity contribution in [3.8, 4) is 5.75 Å². The standard InChI is InChI=1S/C31H38FN3O5S/c1-5-7-20-33-31(37)24(4)34(21-25-10-12-26(32)13-11-25)30(36)22-35(27-14-16-28(17-15-27)40-6-2)41(38,39)29-18-8-23(3)9-19-29/h8-19,24H,5-7,20-22H2,1-4H3,(H,33,37)/t24-/m1/s1. The molecule has 0 bridgehead atoms. The summed E-state index contributed by atoms with van der Waals surface area (Å²) in [5.74, 6) is -0.812. The second kappa shape index (κ2) is 14.6. The molecule has 2 amide bonds. The Morgan fingerprint density at radius 3 is 2.17 bits per heavy atom. The number of sulfonamides is 1. The van der Waals surface area contributed by atoms with Crippen LogP contribution in [0.5, 0.6) is 5.75 Å². The van der Waals surface area contributed by atoms with Gasteiger partial charge in [0.2, 0.25) is 11.8 Å². The van der Waals surface area contributed by atoms with Gasteiger partial charge in [0.05, 0.1) is 17.2 Å². The van der Waals surface area contributed by atoms with Crippen LogP contribution < -0.4 is 14.4 Å². The number of rotatable bonds is 14. The number of hydrogen-bond donors (Lipinski definition) is 1. The van der Waals surface area contributed by atoms with Crippen molar-refractivity contribution >= 4 is 27.5 Å². The molecule has 3 aromatic carbocycles. The zero-order chi connectivity index (χ0) is 30.0. The molecular weight excluding hydrogens is 545 g/mol. The Balaban J connectivity index is 2.00. The Hall–Kier alpha value is -3.92. The molecule has 0 radical (unpaired) electrons. The number of carbonyl (C=O) groups excluding carboxylic acids is 2. The van der Waals surface area contributed by atoms with Crippen LogP contribution in [0.3, 0.4) is 0 Å². The van der Waals surface area contributed by atoms with Crippen LogP contribution in [0.15, 0.2) is 77.7 Å². The lowest BCUT2D eigenvalue weighted by Crippen LogP contribution is -2.51. The molecule has 10 heteroatoms. The number of halogens is 1. The maximum atomic E-state index is 13.9. The molecule has 41 heavy (non-hydrogen) atoms. The fourth-order valence-corrected chi connectivity index (χ4v) is 5.56. The van der Waals surface area contributed by atoms with Gasteiger partial charge in [-0.05, 0) is 81.3 Å². The number of anilines is 1. The van der Waals surface area contributed by atoms with Crippen LogP contribution >= 0.6 is 0 Å². The van der Waals surface area contributed by atoms with Crippen molar-refractivity contribution < 1.29 is 27.1 Å². The van der Waals surface area contributed by atoms with E-state index in [2.05, 4.69) is 5.32 Å². The molecule has 3 aromatic rings. The molecule has 0 aliphatic rings. The summed E-state index contributed by atoms with van der Waals surface area (Å²) in [6.45, 7) is 7.63. The summed E-state index contributed by atoms with van der Waals surface area (Å²) in [4.78, 5) is 28.3. The zero-order valence-corrected chi connectivity index (χ0v) is 24.8. The van der Waals surface area contributed by atoms with Gasteiger partial charge < -0.3 is 15.0 Å². The van der Waals surface area contributed by atoms with E-state index in [0.717, 1.165) is 22.7 Å². The maximum absolute atomic E-state index is 13.9. The molecule has 0 fully saturated rings. The third-order valence-corrected chi connectivity index (χ3v) is 8.37. The van der Waals surface area contributed by atoms with Gasteiger partial charge in [-0.3, -0.25) is 13.9 Å². The molecule has 220 valence electrons. The SMILES string of the molecule is CCCCNC(=O)[C@@H](C)N(Cc1ccc(F)cc1)C(=O)CN(c1ccc(OCC)cc1)S(=O)(=O)c1ccc(C)cc1. The Morgan fingerprint density at radius 2 is 1.59 bits per heavy atom. The van der Waals surface area contributed by atoms with Gasteiger partial charge >= 0.3 is 0 Å². The first-order chi connectivity index (χ1) is 19.6. The van der Waals surface area contributed by atoms with Gasteiger partial charge in [-0.15, -0.1) is 0 Å². The van der Waals surface area contributed by atoms with Crippen molar-refractivity contribution in [1.82, 2.24) is 10.2 Å². The van der Waals surface area contributed by atoms with Crippen molar-refractivity contribution in [3.63, 3.8) is 0 Å². The minimum atomic E-state index is -4.17. The smallest absolute Gasteiger partial charge is 0.264 e. The highest BCUT2D eigenvalue weighted by molar-refractivity contribution is 7.92. The van der Waals surface area contributed by atoms with Gasteiger partial charge in [-0.25, -0.2) is 12.8 Å². The van der Waals surface area contributed by atoms with E-state index in [4.69, 9.17) is 4.74 Å². The largest absolute Gasteiger partial charge is 0.494 e. The molecule has 1 N–H and O–H groups in total. The van der Waals surface area contributed by atoms with Crippen molar-refractivity contribution in [2.45, 2.75) is 58.0 Å². The molecule has 0 aliphatic heterocycles. The topological polar surface area (TPSA) is 96.0 Å². The van der Waals surface area contributed by atoms with E-state index in [1.807, 2.05) is 20.8 Å². The molecule has 8 nitrogen and oxygen atoms in total. The van der Waals surface area contributed by atoms with E-state index < -0.39 is 34.3 Å². The van der Waals surface area contributed by atoms with Gasteiger partial charge in [-0.1, -0.05) is 43.2 Å². The summed E-state index contributed by atoms with van der Waals surface area (Å²) in [5.41, 5.74) is 1.76. The lowest BCUT2D eigenvalue weighted by molar-refractivity contribution is -0.139. The Morgan fingerprint density at radius 1 is 0.951 bits per heavy atom. The number of amides is 2. The van der Waals surface area contributed by atoms with Crippen LogP contribution in [0.25, 0.3) is 0 Å². The highest BCUT2D eigenvalue weighted by Crippen LogP contribution is 2.27. The Bertz CT molecular complexity index is 1400. The van der Waals surface area contributed by atoms with Crippen molar-refractivity contribution in [3.05, 3.63) is 89.7 Å². The third kappa shape index (κ3) is 8.53. The Labute approximate surface area is 242 Å². The van der Waals surface area contributed by atoms with E-state index in [-0.39, 0.29) is 23.0 Å². The molecular formula is C31H38FN3O5S. The number of nitrogens with zero attached hydrogens (tertiary/aromatic N) is 2. The van der Waals surface area contributed by atoms with Crippen LogP contribution in [0.1, 0.15) is 44.7 Å². The van der Waals surface area contributed by atoms with Gasteiger partial charge in [-0.2, -0.15) is 0 Å². The number of aryl methyl sites for hydroxylation is 1. The highest BCUT2D eigenvalue weighted by Gasteiger charge is 2.32. The second-order valence-corrected chi connectivity index (χ2v) is 11.6. The average molecular weight is 584 g/mol. The molecule has 1 atom stereocenters. The average Bonchev–Trinajstić information content (AvgIpc) is 2.96. The molecule has 0 spiro atoms. The monoisotopic (exact) mass is 583 g/mol. The number of hydrogen-bond acceptors (Lipinski definition) is 5. The van der Waals surface area contributed by atoms with E-state index in [9.17, 15) is 22.4 Å². The van der Waals surface area contributed by atoms with Crippen LogP contribution in [0, 0.1) is 12.7 Å². The summed E-state index contributed by atoms with van der Waals surface area (Å²) >= 11 is 0. The highest BCUT2D eigenvalue weighted by atomic mass is 32.2. The first-order valence-electron chi connectivity index (χ1n) is 13.7. The van der Waals surface area contributed by atoms with E-state index >= 15 is 0 Å². The van der Waals surface area contributed by atoms with Crippen molar-refractivity contribution in [1.29, 1.82) is 0 Å². The molecule has 0 aromatic heterocycles. The fourth-order valence-electron chi connectivity index (χ4n) is 4.15. The van der Waals surface area contributed by atoms with E-state index in [1.165, 1.54) is 41.3 Å². The van der Waals surface area contributed by atoms with Crippen LogP contribution in [0.4, 0.5) is 10.1 Å². The number of ether oxygens (including phenoxy) is 1. The molecule has 0 saturated heterocycles. The summed E-state index contributed by atoms with van der Waals surface area (Å²) in [6, 6.07) is 17.5. The minimum absolute atomic E-state index is 0.0107. The number of unbranched alkanes of at least 4 members (excludes halogenated alkanes) is 1. The van der Waals surface area contributed by atoms with E-state index in [0.29, 0.717) is 24.5 Å². The normalized spacial score (nSPS) is 11.9. The molecule has 0 saturated carbocycles. The lowest BCUT2D eigenvalue weighted by Gasteiger charge is -2.32. The van der Waals surface area contributed by atoms with Gasteiger partial charge in [0, 0.05) is 13.1 Å². The lowest BCUT2D eigenvalue weighted by atomic mass is 10.1. The van der Waals surface area contributed by atoms with Crippen LogP contribution in [-0.4, -0.2) is 50.9 Å². The fraction of sp³-hybridized carbons (Fsp3) is 0.355. The number of nitrogens with one attached hydrogen (secondary N) is 1. The second-order valence-electron chi connectivity index (χ2n) is 9.72. The predicted octanol–water partition coefficient (Wildman–Crippen LogP) is 5.06. The molecule has 0 unspecified atom stereocenters. The first kappa shape index (κ1) is 31.6. The Kier molecular flexibility index (Phi) is 11.3. The van der Waals surface area contributed by atoms with Crippen molar-refractivity contribution in [2.24, 2.45) is 0 Å². The van der Waals surface area contributed by atoms with Crippen LogP contribution in [0.2, 0.25) is 0 Å². The van der Waals surface area contributed by atoms with Crippen molar-refractivity contribution in [2.75, 3.05) is 24.0 Å². The van der Waals surface area contributed by atoms with Gasteiger partial charge in [0.1, 0.15) is 24.2 Å². The molecule has 3 rings (SSSR count). The summed E-state index contributed by atoms with van der Waals surface area (Å²) in [5, 5.41) is 2.84. The van der Waals surface area contributed by atoms with E-state index in [1.54, 1.807) is 43.3 Å². The molecule has 0 heterocycles. The quantitative estimate of drug-likeness (QED) is 0.268. The first-order valence-corrected chi connectivity index (χ1v) is 15.1. The number of carbonyl (C=O) groups is 2. The maximum Gasteiger partial charge on any atom is 0.264 e.